The fourth-order valence-corrected chi connectivity index (χ4v) is 13.7. The van der Waals surface area contributed by atoms with E-state index < -0.39 is 0 Å². The van der Waals surface area contributed by atoms with Gasteiger partial charge >= 0.3 is 0 Å². The van der Waals surface area contributed by atoms with Crippen molar-refractivity contribution < 1.29 is 0 Å². The Bertz CT molecular complexity index is 5080. The fourth-order valence-electron chi connectivity index (χ4n) is 13.7. The summed E-state index contributed by atoms with van der Waals surface area (Å²) in [5.41, 5.74) is 21.9. The van der Waals surface area contributed by atoms with E-state index in [0.29, 0.717) is 0 Å². The maximum absolute atomic E-state index is 2.46. The highest BCUT2D eigenvalue weighted by Crippen LogP contribution is 2.46. The van der Waals surface area contributed by atoms with E-state index in [2.05, 4.69) is 331 Å². The second-order valence-electron chi connectivity index (χ2n) is 22.0. The standard InChI is InChI=1S/C78H54N6/c1-5-21-53(22-6-1)81-71-33-17-13-29-63(71)67-49-59(41-45-75(67)81)79(60-42-46-76-68(50-60)64-30-14-18-34-72(64)82(76)54-23-7-2-8-24-54)57-37-39-58(40-38-57)80(61-43-47-77-69(51-61)65-31-15-19-35-73(65)83(77)55-25-9-3-10-26-55)62-44-48-78-70(52-62)66-32-16-20-36-74(66)84(78)56-27-11-4-12-28-56/h1-15,17-31,33-52H,16,32H2. The molecule has 0 N–H and O–H groups in total. The predicted octanol–water partition coefficient (Wildman–Crippen LogP) is 20.8. The molecule has 6 heteroatoms. The van der Waals surface area contributed by atoms with Crippen LogP contribution in [0.15, 0.2) is 297 Å². The van der Waals surface area contributed by atoms with Gasteiger partial charge in [0.15, 0.2) is 0 Å². The first kappa shape index (κ1) is 47.7. The van der Waals surface area contributed by atoms with E-state index >= 15 is 0 Å². The zero-order chi connectivity index (χ0) is 55.2. The van der Waals surface area contributed by atoms with Crippen molar-refractivity contribution in [3.8, 4) is 22.7 Å². The number of aromatic nitrogens is 4. The Balaban J connectivity index is 0.873. The second kappa shape index (κ2) is 19.3. The van der Waals surface area contributed by atoms with Gasteiger partial charge in [-0.05, 0) is 188 Å². The summed E-state index contributed by atoms with van der Waals surface area (Å²) in [6.45, 7) is 0. The van der Waals surface area contributed by atoms with Crippen molar-refractivity contribution in [3.63, 3.8) is 0 Å². The summed E-state index contributed by atoms with van der Waals surface area (Å²) in [5.74, 6) is 0. The molecule has 0 spiro atoms. The highest BCUT2D eigenvalue weighted by molar-refractivity contribution is 6.14. The highest BCUT2D eigenvalue weighted by atomic mass is 15.2. The first-order valence-electron chi connectivity index (χ1n) is 29.1. The van der Waals surface area contributed by atoms with Crippen LogP contribution in [0.1, 0.15) is 17.7 Å². The molecule has 1 aliphatic carbocycles. The van der Waals surface area contributed by atoms with Gasteiger partial charge in [0.05, 0.1) is 38.6 Å². The van der Waals surface area contributed by atoms with Crippen molar-refractivity contribution in [2.75, 3.05) is 9.80 Å². The predicted molar refractivity (Wildman–Crippen MR) is 353 cm³/mol. The second-order valence-corrected chi connectivity index (χ2v) is 22.0. The molecule has 0 atom stereocenters. The van der Waals surface area contributed by atoms with Crippen molar-refractivity contribution in [2.45, 2.75) is 12.8 Å². The molecule has 0 saturated carbocycles. The first-order chi connectivity index (χ1) is 41.7. The molecular weight excluding hydrogens is 1020 g/mol. The molecule has 0 bridgehead atoms. The van der Waals surface area contributed by atoms with E-state index in [4.69, 9.17) is 0 Å². The minimum absolute atomic E-state index is 0.984. The number of benzene rings is 12. The summed E-state index contributed by atoms with van der Waals surface area (Å²) in [5, 5.41) is 8.50. The highest BCUT2D eigenvalue weighted by Gasteiger charge is 2.25. The smallest absolute Gasteiger partial charge is 0.0542 e. The molecule has 12 aromatic carbocycles. The molecular formula is C78H54N6. The van der Waals surface area contributed by atoms with Crippen LogP contribution in [0.25, 0.3) is 105 Å². The van der Waals surface area contributed by atoms with Gasteiger partial charge in [-0.2, -0.15) is 0 Å². The number of allylic oxidation sites excluding steroid dienone is 1. The van der Waals surface area contributed by atoms with E-state index in [-0.39, 0.29) is 0 Å². The minimum atomic E-state index is 0.984. The van der Waals surface area contributed by atoms with E-state index in [0.717, 1.165) is 75.1 Å². The van der Waals surface area contributed by atoms with E-state index in [1.807, 2.05) is 0 Å². The Morgan fingerprint density at radius 3 is 0.893 bits per heavy atom. The molecule has 0 unspecified atom stereocenters. The van der Waals surface area contributed by atoms with Gasteiger partial charge < -0.3 is 28.1 Å². The van der Waals surface area contributed by atoms with Gasteiger partial charge in [0.1, 0.15) is 0 Å². The van der Waals surface area contributed by atoms with Crippen molar-refractivity contribution in [1.29, 1.82) is 0 Å². The Morgan fingerprint density at radius 1 is 0.238 bits per heavy atom. The number of hydrogen-bond acceptors (Lipinski definition) is 2. The van der Waals surface area contributed by atoms with Gasteiger partial charge in [0, 0.05) is 100 Å². The van der Waals surface area contributed by atoms with E-state index in [1.54, 1.807) is 0 Å². The monoisotopic (exact) mass is 1070 g/mol. The quantitative estimate of drug-likeness (QED) is 0.136. The summed E-state index contributed by atoms with van der Waals surface area (Å²) >= 11 is 0. The third-order valence-electron chi connectivity index (χ3n) is 17.4. The normalized spacial score (nSPS) is 12.4. The van der Waals surface area contributed by atoms with Crippen LogP contribution >= 0.6 is 0 Å². The largest absolute Gasteiger partial charge is 0.310 e. The summed E-state index contributed by atoms with van der Waals surface area (Å²) in [6.07, 6.45) is 6.64. The lowest BCUT2D eigenvalue weighted by molar-refractivity contribution is 0.967. The molecule has 17 rings (SSSR count). The lowest BCUT2D eigenvalue weighted by Crippen LogP contribution is -2.12. The SMILES string of the molecule is C1=Cc2c(c3cc(N(c4ccc(N(c5ccc6c(c5)c5ccccc5n6-c5ccccc5)c5ccc6c(c5)c5ccccc5n6-c5ccccc5)cc4)c4ccc5c(c4)c4ccccc4n5-c4ccccc4)ccc3n2-c2ccccc2)CC1. The Kier molecular flexibility index (Phi) is 11.0. The maximum Gasteiger partial charge on any atom is 0.0542 e. The maximum atomic E-state index is 2.46. The zero-order valence-electron chi connectivity index (χ0n) is 46.0. The van der Waals surface area contributed by atoms with Crippen LogP contribution in [0.4, 0.5) is 34.1 Å². The molecule has 0 amide bonds. The van der Waals surface area contributed by atoms with Crippen molar-refractivity contribution in [1.82, 2.24) is 18.3 Å². The third kappa shape index (κ3) is 7.51. The molecule has 1 aliphatic rings. The van der Waals surface area contributed by atoms with Crippen LogP contribution in [0.2, 0.25) is 0 Å². The van der Waals surface area contributed by atoms with Gasteiger partial charge in [0.2, 0.25) is 0 Å². The molecule has 4 heterocycles. The van der Waals surface area contributed by atoms with Gasteiger partial charge in [-0.25, -0.2) is 0 Å². The third-order valence-corrected chi connectivity index (χ3v) is 17.4. The van der Waals surface area contributed by atoms with Gasteiger partial charge in [-0.15, -0.1) is 0 Å². The lowest BCUT2D eigenvalue weighted by Gasteiger charge is -2.29. The molecule has 84 heavy (non-hydrogen) atoms. The molecule has 6 nitrogen and oxygen atoms in total. The van der Waals surface area contributed by atoms with Crippen LogP contribution in [-0.2, 0) is 6.42 Å². The van der Waals surface area contributed by atoms with Crippen LogP contribution in [-0.4, -0.2) is 18.3 Å². The van der Waals surface area contributed by atoms with Crippen LogP contribution in [0, 0.1) is 0 Å². The Labute approximate surface area is 486 Å². The number of para-hydroxylation sites is 7. The summed E-state index contributed by atoms with van der Waals surface area (Å²) in [7, 11) is 0. The van der Waals surface area contributed by atoms with E-state index in [1.165, 1.54) is 82.2 Å². The average Bonchev–Trinajstić information content (AvgIpc) is 3.77. The van der Waals surface area contributed by atoms with Crippen LogP contribution in [0.3, 0.4) is 0 Å². The summed E-state index contributed by atoms with van der Waals surface area (Å²) in [6, 6.07) is 107. The van der Waals surface area contributed by atoms with Crippen molar-refractivity contribution in [3.05, 3.63) is 309 Å². The van der Waals surface area contributed by atoms with Crippen LogP contribution < -0.4 is 9.80 Å². The van der Waals surface area contributed by atoms with Gasteiger partial charge in [-0.1, -0.05) is 133 Å². The molecule has 396 valence electrons. The Hall–Kier alpha value is -11.1. The minimum Gasteiger partial charge on any atom is -0.310 e. The number of nitrogens with zero attached hydrogens (tertiary/aromatic N) is 6. The number of rotatable bonds is 10. The number of aryl methyl sites for hydroxylation is 1. The topological polar surface area (TPSA) is 26.2 Å². The number of fused-ring (bicyclic) bond motifs is 12. The summed E-state index contributed by atoms with van der Waals surface area (Å²) in [4.78, 5) is 4.90. The average molecular weight is 1080 g/mol. The number of hydrogen-bond donors (Lipinski definition) is 0. The van der Waals surface area contributed by atoms with Crippen LogP contribution in [0.5, 0.6) is 0 Å². The van der Waals surface area contributed by atoms with Gasteiger partial charge in [0.25, 0.3) is 0 Å². The van der Waals surface area contributed by atoms with E-state index in [9.17, 15) is 0 Å². The lowest BCUT2D eigenvalue weighted by atomic mass is 10.0. The molecule has 0 aliphatic heterocycles. The molecule has 0 saturated heterocycles. The Morgan fingerprint density at radius 2 is 0.524 bits per heavy atom. The molecule has 4 aromatic heterocycles. The van der Waals surface area contributed by atoms with Crippen molar-refractivity contribution in [2.24, 2.45) is 0 Å². The summed E-state index contributed by atoms with van der Waals surface area (Å²) < 4.78 is 9.62. The van der Waals surface area contributed by atoms with Crippen molar-refractivity contribution >= 4 is 117 Å². The fraction of sp³-hybridized carbons (Fsp3) is 0.0256. The molecule has 0 fully saturated rings. The van der Waals surface area contributed by atoms with Gasteiger partial charge in [-0.3, -0.25) is 0 Å². The first-order valence-corrected chi connectivity index (χ1v) is 29.1. The number of anilines is 6. The zero-order valence-corrected chi connectivity index (χ0v) is 46.0. The molecule has 16 aromatic rings. The molecule has 0 radical (unpaired) electrons.